The average molecular weight is 399 g/mol. The third kappa shape index (κ3) is 3.75. The van der Waals surface area contributed by atoms with Gasteiger partial charge in [0.05, 0.1) is 5.41 Å². The minimum Gasteiger partial charge on any atom is -0.381 e. The third-order valence-corrected chi connectivity index (χ3v) is 6.67. The molecule has 3 fully saturated rings. The molecule has 0 saturated carbocycles. The fourth-order valence-electron chi connectivity index (χ4n) is 4.86. The van der Waals surface area contributed by atoms with Crippen LogP contribution >= 0.6 is 24.0 Å². The number of halogens is 2. The maximum Gasteiger partial charge on any atom is 0.233 e. The minimum absolute atomic E-state index is 0. The van der Waals surface area contributed by atoms with Crippen LogP contribution in [0.4, 0.5) is 0 Å². The Kier molecular flexibility index (Phi) is 6.50. The van der Waals surface area contributed by atoms with Crippen LogP contribution in [0.3, 0.4) is 0 Å². The zero-order valence-corrected chi connectivity index (χ0v) is 16.7. The Hall–Kier alpha value is -0.810. The van der Waals surface area contributed by atoms with Gasteiger partial charge in [0.25, 0.3) is 0 Å². The van der Waals surface area contributed by atoms with Gasteiger partial charge in [0.2, 0.25) is 5.91 Å². The second-order valence-electron chi connectivity index (χ2n) is 7.75. The van der Waals surface area contributed by atoms with Gasteiger partial charge in [-0.15, -0.1) is 12.4 Å². The molecule has 0 aliphatic carbocycles. The van der Waals surface area contributed by atoms with Crippen LogP contribution < -0.4 is 5.32 Å². The van der Waals surface area contributed by atoms with Crippen molar-refractivity contribution in [1.82, 2.24) is 10.2 Å². The molecular weight excluding hydrogens is 371 g/mol. The molecule has 1 aromatic carbocycles. The summed E-state index contributed by atoms with van der Waals surface area (Å²) in [5.74, 6) is 1.75. The number of ether oxygens (including phenoxy) is 1. The van der Waals surface area contributed by atoms with Crippen LogP contribution in [-0.2, 0) is 14.9 Å². The number of benzene rings is 1. The van der Waals surface area contributed by atoms with E-state index in [1.165, 1.54) is 0 Å². The first-order valence-corrected chi connectivity index (χ1v) is 9.91. The SMILES string of the molecule is Cl.O=C(N1CC[C@@H]2CNC[C@@H]2CC1)C1(c2cccc(Cl)c2)CCOCC1. The Labute approximate surface area is 167 Å². The molecule has 3 aliphatic rings. The molecule has 2 atom stereocenters. The van der Waals surface area contributed by atoms with E-state index >= 15 is 0 Å². The normalized spacial score (nSPS) is 28.0. The van der Waals surface area contributed by atoms with E-state index in [0.29, 0.717) is 18.2 Å². The van der Waals surface area contributed by atoms with Gasteiger partial charge in [0.1, 0.15) is 0 Å². The number of nitrogens with zero attached hydrogens (tertiary/aromatic N) is 1. The number of amides is 1. The maximum absolute atomic E-state index is 13.7. The van der Waals surface area contributed by atoms with Crippen LogP contribution in [0.25, 0.3) is 0 Å². The topological polar surface area (TPSA) is 41.6 Å². The van der Waals surface area contributed by atoms with Crippen molar-refractivity contribution in [3.63, 3.8) is 0 Å². The molecule has 0 radical (unpaired) electrons. The molecule has 1 N–H and O–H groups in total. The van der Waals surface area contributed by atoms with Crippen LogP contribution in [0, 0.1) is 11.8 Å². The van der Waals surface area contributed by atoms with E-state index in [4.69, 9.17) is 16.3 Å². The molecule has 0 unspecified atom stereocenters. The van der Waals surface area contributed by atoms with Gasteiger partial charge in [-0.25, -0.2) is 0 Å². The van der Waals surface area contributed by atoms with E-state index in [9.17, 15) is 4.79 Å². The first kappa shape index (κ1) is 19.9. The number of nitrogens with one attached hydrogen (secondary N) is 1. The lowest BCUT2D eigenvalue weighted by molar-refractivity contribution is -0.141. The van der Waals surface area contributed by atoms with Crippen molar-refractivity contribution in [3.8, 4) is 0 Å². The van der Waals surface area contributed by atoms with Crippen molar-refractivity contribution in [2.45, 2.75) is 31.1 Å². The summed E-state index contributed by atoms with van der Waals surface area (Å²) in [4.78, 5) is 15.8. The summed E-state index contributed by atoms with van der Waals surface area (Å²) in [6.07, 6.45) is 3.73. The average Bonchev–Trinajstić information content (AvgIpc) is 3.00. The molecule has 4 rings (SSSR count). The number of rotatable bonds is 2. The van der Waals surface area contributed by atoms with Gasteiger partial charge in [0, 0.05) is 31.3 Å². The Morgan fingerprint density at radius 2 is 1.81 bits per heavy atom. The maximum atomic E-state index is 13.7. The first-order chi connectivity index (χ1) is 12.2. The highest BCUT2D eigenvalue weighted by molar-refractivity contribution is 6.30. The van der Waals surface area contributed by atoms with E-state index in [1.807, 2.05) is 18.2 Å². The van der Waals surface area contributed by atoms with Gasteiger partial charge in [-0.05, 0) is 68.3 Å². The molecule has 1 amide bonds. The molecule has 4 nitrogen and oxygen atoms in total. The van der Waals surface area contributed by atoms with E-state index in [2.05, 4.69) is 16.3 Å². The van der Waals surface area contributed by atoms with Gasteiger partial charge >= 0.3 is 0 Å². The number of carbonyl (C=O) groups excluding carboxylic acids is 1. The molecule has 3 saturated heterocycles. The molecule has 1 aromatic rings. The minimum atomic E-state index is -0.471. The lowest BCUT2D eigenvalue weighted by atomic mass is 9.73. The first-order valence-electron chi connectivity index (χ1n) is 9.53. The van der Waals surface area contributed by atoms with Crippen molar-refractivity contribution in [2.75, 3.05) is 39.4 Å². The molecule has 3 heterocycles. The standard InChI is InChI=1S/C20H27ClN2O2.ClH/c21-18-3-1-2-17(12-18)20(6-10-25-11-7-20)19(24)23-8-4-15-13-22-14-16(15)5-9-23;/h1-3,12,15-16,22H,4-11,13-14H2;1H/t15-,16+;. The molecule has 0 bridgehead atoms. The summed E-state index contributed by atoms with van der Waals surface area (Å²) in [7, 11) is 0. The van der Waals surface area contributed by atoms with Crippen LogP contribution in [0.15, 0.2) is 24.3 Å². The zero-order valence-electron chi connectivity index (χ0n) is 15.1. The van der Waals surface area contributed by atoms with Gasteiger partial charge in [-0.2, -0.15) is 0 Å². The second-order valence-corrected chi connectivity index (χ2v) is 8.19. The summed E-state index contributed by atoms with van der Waals surface area (Å²) in [5, 5.41) is 4.21. The van der Waals surface area contributed by atoms with Crippen molar-refractivity contribution < 1.29 is 9.53 Å². The number of likely N-dealkylation sites (tertiary alicyclic amines) is 1. The Bertz CT molecular complexity index is 620. The molecular formula is C20H28Cl2N2O2. The highest BCUT2D eigenvalue weighted by Crippen LogP contribution is 2.39. The van der Waals surface area contributed by atoms with Crippen molar-refractivity contribution >= 4 is 29.9 Å². The number of hydrogen-bond acceptors (Lipinski definition) is 3. The van der Waals surface area contributed by atoms with E-state index in [0.717, 1.165) is 69.3 Å². The zero-order chi connectivity index (χ0) is 17.3. The quantitative estimate of drug-likeness (QED) is 0.830. The summed E-state index contributed by atoms with van der Waals surface area (Å²) < 4.78 is 5.59. The van der Waals surface area contributed by atoms with Gasteiger partial charge in [-0.3, -0.25) is 4.79 Å². The third-order valence-electron chi connectivity index (χ3n) is 6.44. The van der Waals surface area contributed by atoms with Crippen molar-refractivity contribution in [3.05, 3.63) is 34.9 Å². The molecule has 26 heavy (non-hydrogen) atoms. The number of fused-ring (bicyclic) bond motifs is 1. The fraction of sp³-hybridized carbons (Fsp3) is 0.650. The molecule has 6 heteroatoms. The van der Waals surface area contributed by atoms with Crippen LogP contribution in [0.1, 0.15) is 31.2 Å². The monoisotopic (exact) mass is 398 g/mol. The van der Waals surface area contributed by atoms with Crippen LogP contribution in [-0.4, -0.2) is 50.2 Å². The highest BCUT2D eigenvalue weighted by atomic mass is 35.5. The molecule has 0 spiro atoms. The second kappa shape index (κ2) is 8.47. The fourth-order valence-corrected chi connectivity index (χ4v) is 5.05. The van der Waals surface area contributed by atoms with E-state index < -0.39 is 5.41 Å². The van der Waals surface area contributed by atoms with Crippen LogP contribution in [0.5, 0.6) is 0 Å². The van der Waals surface area contributed by atoms with E-state index in [-0.39, 0.29) is 18.3 Å². The van der Waals surface area contributed by atoms with Gasteiger partial charge in [-0.1, -0.05) is 23.7 Å². The predicted octanol–water partition coefficient (Wildman–Crippen LogP) is 3.27. The lowest BCUT2D eigenvalue weighted by Crippen LogP contribution is -2.50. The van der Waals surface area contributed by atoms with E-state index in [1.54, 1.807) is 0 Å². The summed E-state index contributed by atoms with van der Waals surface area (Å²) in [6.45, 7) is 5.26. The smallest absolute Gasteiger partial charge is 0.233 e. The highest BCUT2D eigenvalue weighted by Gasteiger charge is 2.45. The summed E-state index contributed by atoms with van der Waals surface area (Å²) in [6, 6.07) is 7.87. The Morgan fingerprint density at radius 3 is 2.42 bits per heavy atom. The summed E-state index contributed by atoms with van der Waals surface area (Å²) >= 11 is 6.24. The van der Waals surface area contributed by atoms with Gasteiger partial charge in [0.15, 0.2) is 0 Å². The summed E-state index contributed by atoms with van der Waals surface area (Å²) in [5.41, 5.74) is 0.584. The molecule has 0 aromatic heterocycles. The lowest BCUT2D eigenvalue weighted by Gasteiger charge is -2.40. The Morgan fingerprint density at radius 1 is 1.15 bits per heavy atom. The Balaban J connectivity index is 0.00000196. The number of carbonyl (C=O) groups is 1. The largest absolute Gasteiger partial charge is 0.381 e. The number of hydrogen-bond donors (Lipinski definition) is 1. The van der Waals surface area contributed by atoms with Crippen molar-refractivity contribution in [1.29, 1.82) is 0 Å². The molecule has 144 valence electrons. The predicted molar refractivity (Wildman–Crippen MR) is 106 cm³/mol. The van der Waals surface area contributed by atoms with Crippen molar-refractivity contribution in [2.24, 2.45) is 11.8 Å². The van der Waals surface area contributed by atoms with Crippen LogP contribution in [0.2, 0.25) is 5.02 Å². The molecule has 3 aliphatic heterocycles. The van der Waals surface area contributed by atoms with Gasteiger partial charge < -0.3 is 15.0 Å².